The van der Waals surface area contributed by atoms with E-state index in [9.17, 15) is 4.79 Å². The van der Waals surface area contributed by atoms with Crippen molar-refractivity contribution in [2.24, 2.45) is 0 Å². The number of fused-ring (bicyclic) bond motifs is 1. The average Bonchev–Trinajstić information content (AvgIpc) is 3.39. The van der Waals surface area contributed by atoms with Crippen molar-refractivity contribution in [2.75, 3.05) is 32.1 Å². The number of amides is 1. The molecule has 2 aromatic carbocycles. The number of nitrogens with zero attached hydrogens (tertiary/aromatic N) is 4. The molecule has 4 rings (SSSR count). The lowest BCUT2D eigenvalue weighted by molar-refractivity contribution is 0.0976. The third-order valence-corrected chi connectivity index (χ3v) is 6.22. The first kappa shape index (κ1) is 20.5. The van der Waals surface area contributed by atoms with E-state index in [1.165, 1.54) is 11.3 Å². The number of anilines is 1. The zero-order valence-electron chi connectivity index (χ0n) is 16.9. The Bertz CT molecular complexity index is 1190. The number of hydrogen-bond acceptors (Lipinski definition) is 6. The van der Waals surface area contributed by atoms with Crippen molar-refractivity contribution in [2.45, 2.75) is 6.92 Å². The number of aromatic nitrogens is 2. The molecule has 0 saturated carbocycles. The van der Waals surface area contributed by atoms with Crippen molar-refractivity contribution in [1.82, 2.24) is 15.0 Å². The van der Waals surface area contributed by atoms with E-state index in [2.05, 4.69) is 5.16 Å². The molecule has 0 unspecified atom stereocenters. The molecule has 0 atom stereocenters. The Hall–Kier alpha value is -2.74. The number of carbonyl (C=O) groups excluding carboxylic acids is 1. The van der Waals surface area contributed by atoms with Crippen molar-refractivity contribution in [3.05, 3.63) is 64.8 Å². The highest BCUT2D eigenvalue weighted by atomic mass is 35.5. The van der Waals surface area contributed by atoms with E-state index in [0.29, 0.717) is 29.0 Å². The molecule has 6 nitrogen and oxygen atoms in total. The van der Waals surface area contributed by atoms with E-state index in [1.807, 2.05) is 68.4 Å². The lowest BCUT2D eigenvalue weighted by Crippen LogP contribution is -2.36. The molecular formula is C22H21ClN4O2S. The van der Waals surface area contributed by atoms with Crippen LogP contribution in [-0.2, 0) is 0 Å². The lowest BCUT2D eigenvalue weighted by atomic mass is 10.1. The van der Waals surface area contributed by atoms with Gasteiger partial charge in [0.25, 0.3) is 5.91 Å². The SMILES string of the molecule is Cc1c(Cl)ccc2sc(N(CCN(C)C)C(=O)c3cc(-c4ccccc4)on3)nc12. The molecule has 8 heteroatoms. The van der Waals surface area contributed by atoms with E-state index >= 15 is 0 Å². The Morgan fingerprint density at radius 3 is 2.63 bits per heavy atom. The van der Waals surface area contributed by atoms with E-state index in [1.54, 1.807) is 11.0 Å². The fourth-order valence-corrected chi connectivity index (χ4v) is 4.24. The topological polar surface area (TPSA) is 62.5 Å². The van der Waals surface area contributed by atoms with Gasteiger partial charge in [-0.2, -0.15) is 0 Å². The normalized spacial score (nSPS) is 11.4. The van der Waals surface area contributed by atoms with Crippen molar-refractivity contribution in [1.29, 1.82) is 0 Å². The summed E-state index contributed by atoms with van der Waals surface area (Å²) in [6.45, 7) is 3.10. The number of hydrogen-bond donors (Lipinski definition) is 0. The molecule has 0 fully saturated rings. The number of carbonyl (C=O) groups is 1. The van der Waals surface area contributed by atoms with Crippen molar-refractivity contribution < 1.29 is 9.32 Å². The third kappa shape index (κ3) is 4.09. The quantitative estimate of drug-likeness (QED) is 0.416. The molecule has 2 heterocycles. The number of thiazole rings is 1. The molecule has 0 aliphatic rings. The standard InChI is InChI=1S/C22H21ClN4O2S/c1-14-16(23)9-10-19-20(14)24-22(30-19)27(12-11-26(2)3)21(28)17-13-18(29-25-17)15-7-5-4-6-8-15/h4-10,13H,11-12H2,1-3H3. The smallest absolute Gasteiger partial charge is 0.282 e. The van der Waals surface area contributed by atoms with Gasteiger partial charge in [0, 0.05) is 29.7 Å². The summed E-state index contributed by atoms with van der Waals surface area (Å²) in [6.07, 6.45) is 0. The minimum Gasteiger partial charge on any atom is -0.355 e. The largest absolute Gasteiger partial charge is 0.355 e. The first-order valence-corrected chi connectivity index (χ1v) is 10.7. The van der Waals surface area contributed by atoms with Gasteiger partial charge in [-0.3, -0.25) is 9.69 Å². The van der Waals surface area contributed by atoms with Crippen LogP contribution in [0.4, 0.5) is 5.13 Å². The maximum Gasteiger partial charge on any atom is 0.282 e. The van der Waals surface area contributed by atoms with E-state index in [4.69, 9.17) is 21.1 Å². The first-order chi connectivity index (χ1) is 14.4. The number of likely N-dealkylation sites (N-methyl/N-ethyl adjacent to an activating group) is 1. The predicted octanol–water partition coefficient (Wildman–Crippen LogP) is 5.12. The second-order valence-corrected chi connectivity index (χ2v) is 8.63. The fraction of sp³-hybridized carbons (Fsp3) is 0.227. The molecule has 0 saturated heterocycles. The summed E-state index contributed by atoms with van der Waals surface area (Å²) in [4.78, 5) is 21.8. The molecule has 0 radical (unpaired) electrons. The van der Waals surface area contributed by atoms with Crippen LogP contribution in [0.25, 0.3) is 21.5 Å². The van der Waals surface area contributed by atoms with Crippen LogP contribution in [0, 0.1) is 6.92 Å². The number of rotatable bonds is 6. The van der Waals surface area contributed by atoms with Crippen LogP contribution < -0.4 is 4.90 Å². The van der Waals surface area contributed by atoms with Crippen LogP contribution in [0.15, 0.2) is 53.1 Å². The van der Waals surface area contributed by atoms with Crippen LogP contribution in [0.1, 0.15) is 16.1 Å². The molecule has 154 valence electrons. The molecule has 2 aromatic heterocycles. The molecular weight excluding hydrogens is 420 g/mol. The van der Waals surface area contributed by atoms with Crippen LogP contribution in [-0.4, -0.2) is 48.1 Å². The summed E-state index contributed by atoms with van der Waals surface area (Å²) < 4.78 is 6.42. The van der Waals surface area contributed by atoms with Crippen molar-refractivity contribution >= 4 is 44.2 Å². The molecule has 0 bridgehead atoms. The van der Waals surface area contributed by atoms with Gasteiger partial charge in [0.2, 0.25) is 0 Å². The fourth-order valence-electron chi connectivity index (χ4n) is 3.04. The van der Waals surface area contributed by atoms with Crippen LogP contribution >= 0.6 is 22.9 Å². The minimum atomic E-state index is -0.245. The van der Waals surface area contributed by atoms with Crippen molar-refractivity contribution in [3.63, 3.8) is 0 Å². The van der Waals surface area contributed by atoms with Gasteiger partial charge in [0.05, 0.1) is 10.2 Å². The predicted molar refractivity (Wildman–Crippen MR) is 122 cm³/mol. The van der Waals surface area contributed by atoms with Crippen LogP contribution in [0.3, 0.4) is 0 Å². The van der Waals surface area contributed by atoms with Crippen LogP contribution in [0.2, 0.25) is 5.02 Å². The summed E-state index contributed by atoms with van der Waals surface area (Å²) in [5, 5.41) is 5.31. The highest BCUT2D eigenvalue weighted by molar-refractivity contribution is 7.22. The molecule has 0 spiro atoms. The molecule has 0 N–H and O–H groups in total. The van der Waals surface area contributed by atoms with E-state index in [0.717, 1.165) is 21.3 Å². The van der Waals surface area contributed by atoms with Gasteiger partial charge in [0.15, 0.2) is 16.6 Å². The maximum atomic E-state index is 13.4. The highest BCUT2D eigenvalue weighted by Crippen LogP contribution is 2.34. The van der Waals surface area contributed by atoms with Gasteiger partial charge in [-0.05, 0) is 38.7 Å². The van der Waals surface area contributed by atoms with Gasteiger partial charge in [-0.1, -0.05) is 58.4 Å². The summed E-state index contributed by atoms with van der Waals surface area (Å²) in [7, 11) is 3.93. The Balaban J connectivity index is 1.70. The van der Waals surface area contributed by atoms with E-state index in [-0.39, 0.29) is 11.6 Å². The number of benzene rings is 2. The lowest BCUT2D eigenvalue weighted by Gasteiger charge is -2.20. The molecule has 4 aromatic rings. The van der Waals surface area contributed by atoms with Gasteiger partial charge in [-0.25, -0.2) is 4.98 Å². The molecule has 0 aliphatic carbocycles. The molecule has 0 aliphatic heterocycles. The zero-order chi connectivity index (χ0) is 21.3. The summed E-state index contributed by atoms with van der Waals surface area (Å²) in [5.41, 5.74) is 2.84. The Morgan fingerprint density at radius 2 is 1.90 bits per heavy atom. The third-order valence-electron chi connectivity index (χ3n) is 4.77. The summed E-state index contributed by atoms with van der Waals surface area (Å²) in [5.74, 6) is 0.309. The number of aryl methyl sites for hydroxylation is 1. The summed E-state index contributed by atoms with van der Waals surface area (Å²) >= 11 is 7.72. The molecule has 30 heavy (non-hydrogen) atoms. The maximum absolute atomic E-state index is 13.4. The monoisotopic (exact) mass is 440 g/mol. The minimum absolute atomic E-state index is 0.245. The van der Waals surface area contributed by atoms with Gasteiger partial charge in [-0.15, -0.1) is 0 Å². The zero-order valence-corrected chi connectivity index (χ0v) is 18.5. The second kappa shape index (κ2) is 8.55. The Morgan fingerprint density at radius 1 is 1.13 bits per heavy atom. The Kier molecular flexibility index (Phi) is 5.85. The van der Waals surface area contributed by atoms with Gasteiger partial charge in [0.1, 0.15) is 0 Å². The van der Waals surface area contributed by atoms with Crippen molar-refractivity contribution in [3.8, 4) is 11.3 Å². The summed E-state index contributed by atoms with van der Waals surface area (Å²) in [6, 6.07) is 15.1. The average molecular weight is 441 g/mol. The van der Waals surface area contributed by atoms with Gasteiger partial charge >= 0.3 is 0 Å². The Labute approximate surface area is 183 Å². The first-order valence-electron chi connectivity index (χ1n) is 9.48. The second-order valence-electron chi connectivity index (χ2n) is 7.22. The van der Waals surface area contributed by atoms with E-state index < -0.39 is 0 Å². The molecule has 1 amide bonds. The van der Waals surface area contributed by atoms with Crippen LogP contribution in [0.5, 0.6) is 0 Å². The highest BCUT2D eigenvalue weighted by Gasteiger charge is 2.25. The number of halogens is 1. The van der Waals surface area contributed by atoms with Gasteiger partial charge < -0.3 is 9.42 Å².